The average molecular weight is 347 g/mol. The summed E-state index contributed by atoms with van der Waals surface area (Å²) < 4.78 is 17.7. The normalized spacial score (nSPS) is 15.4. The van der Waals surface area contributed by atoms with Crippen molar-refractivity contribution in [2.45, 2.75) is 39.8 Å². The lowest BCUT2D eigenvalue weighted by atomic mass is 9.90. The third-order valence-electron chi connectivity index (χ3n) is 3.70. The van der Waals surface area contributed by atoms with Crippen LogP contribution in [0.4, 0.5) is 4.39 Å². The molecule has 2 atom stereocenters. The highest BCUT2D eigenvalue weighted by molar-refractivity contribution is 7.80. The second-order valence-electron chi connectivity index (χ2n) is 5.55. The molecule has 1 aromatic carbocycles. The largest absolute Gasteiger partial charge is 0.451 e. The van der Waals surface area contributed by atoms with Gasteiger partial charge in [-0.2, -0.15) is 4.39 Å². The molecule has 4 heteroatoms. The van der Waals surface area contributed by atoms with E-state index in [4.69, 9.17) is 4.74 Å². The van der Waals surface area contributed by atoms with Gasteiger partial charge in [0.15, 0.2) is 0 Å². The highest BCUT2D eigenvalue weighted by Gasteiger charge is 2.12. The number of hydrogen-bond acceptors (Lipinski definition) is 3. The maximum atomic E-state index is 12.8. The first-order chi connectivity index (χ1) is 11.4. The van der Waals surface area contributed by atoms with E-state index in [-0.39, 0.29) is 5.92 Å². The fourth-order valence-electron chi connectivity index (χ4n) is 2.19. The van der Waals surface area contributed by atoms with Gasteiger partial charge in [-0.25, -0.2) is 0 Å². The maximum Gasteiger partial charge on any atom is 0.283 e. The van der Waals surface area contributed by atoms with Gasteiger partial charge in [-0.1, -0.05) is 37.8 Å². The van der Waals surface area contributed by atoms with Gasteiger partial charge in [0, 0.05) is 17.8 Å². The molecule has 0 aliphatic heterocycles. The lowest BCUT2D eigenvalue weighted by Crippen LogP contribution is -2.02. The van der Waals surface area contributed by atoms with Crippen molar-refractivity contribution in [1.29, 1.82) is 0 Å². The Morgan fingerprint density at radius 1 is 1.33 bits per heavy atom. The van der Waals surface area contributed by atoms with Gasteiger partial charge < -0.3 is 4.74 Å². The molecule has 0 spiro atoms. The molecule has 0 saturated heterocycles. The third-order valence-corrected chi connectivity index (χ3v) is 3.81. The molecule has 0 bridgehead atoms. The molecule has 2 nitrogen and oxygen atoms in total. The Morgan fingerprint density at radius 2 is 1.96 bits per heavy atom. The Hall–Kier alpha value is -1.81. The molecule has 2 unspecified atom stereocenters. The second-order valence-corrected chi connectivity index (χ2v) is 5.96. The topological polar surface area (TPSA) is 21.6 Å². The number of hydrogen-bond donors (Lipinski definition) is 1. The molecule has 0 N–H and O–H groups in total. The van der Waals surface area contributed by atoms with E-state index in [0.717, 1.165) is 28.8 Å². The van der Waals surface area contributed by atoms with Crippen molar-refractivity contribution < 1.29 is 9.13 Å². The number of rotatable bonds is 8. The van der Waals surface area contributed by atoms with Gasteiger partial charge in [0.1, 0.15) is 5.75 Å². The summed E-state index contributed by atoms with van der Waals surface area (Å²) in [6, 6.07) is 7.30. The minimum absolute atomic E-state index is 0.252. The molecule has 1 rings (SSSR count). The molecule has 0 radical (unpaired) electrons. The van der Waals surface area contributed by atoms with Crippen LogP contribution in [0, 0.1) is 5.92 Å². The molecule has 1 aromatic rings. The Bertz CT molecular complexity index is 630. The van der Waals surface area contributed by atoms with E-state index in [0.29, 0.717) is 5.75 Å². The summed E-state index contributed by atoms with van der Waals surface area (Å²) in [7, 11) is 0. The molecule has 0 fully saturated rings. The Kier molecular flexibility index (Phi) is 8.55. The lowest BCUT2D eigenvalue weighted by Gasteiger charge is -2.16. The van der Waals surface area contributed by atoms with Gasteiger partial charge >= 0.3 is 0 Å². The fourth-order valence-corrected chi connectivity index (χ4v) is 2.31. The van der Waals surface area contributed by atoms with E-state index >= 15 is 0 Å². The minimum atomic E-state index is -1.62. The van der Waals surface area contributed by atoms with Crippen LogP contribution in [0.15, 0.2) is 59.8 Å². The number of halogens is 1. The number of ether oxygens (including phenoxy) is 1. The second kappa shape index (κ2) is 10.1. The highest BCUT2D eigenvalue weighted by atomic mass is 32.1. The molecule has 0 aliphatic carbocycles. The monoisotopic (exact) mass is 347 g/mol. The zero-order valence-electron chi connectivity index (χ0n) is 14.8. The van der Waals surface area contributed by atoms with Crippen LogP contribution in [-0.4, -0.2) is 11.4 Å². The van der Waals surface area contributed by atoms with Crippen molar-refractivity contribution in [2.24, 2.45) is 10.9 Å². The predicted octanol–water partition coefficient (Wildman–Crippen LogP) is 6.23. The standard InChI is InChI=1S/C20H26FNOS/c1-6-8-16(7-2)19(13-22-15(5)14(3)4)17-9-11-18(12-10-17)23-20(21)24/h6,8-13,16,20,24H,3,7H2,1-2,4-5H3/b8-6-,19-13+,22-15?. The van der Waals surface area contributed by atoms with Gasteiger partial charge in [-0.15, -0.1) is 12.6 Å². The third kappa shape index (κ3) is 6.36. The predicted molar refractivity (Wildman–Crippen MR) is 105 cm³/mol. The van der Waals surface area contributed by atoms with Crippen LogP contribution in [-0.2, 0) is 0 Å². The molecule has 0 heterocycles. The van der Waals surface area contributed by atoms with E-state index in [1.807, 2.05) is 45.2 Å². The van der Waals surface area contributed by atoms with Gasteiger partial charge in [0.25, 0.3) is 5.69 Å². The average Bonchev–Trinajstić information content (AvgIpc) is 2.54. The van der Waals surface area contributed by atoms with Crippen molar-refractivity contribution >= 4 is 23.9 Å². The molecule has 0 aromatic heterocycles. The molecule has 0 amide bonds. The first-order valence-electron chi connectivity index (χ1n) is 8.01. The van der Waals surface area contributed by atoms with Gasteiger partial charge in [0.05, 0.1) is 0 Å². The van der Waals surface area contributed by atoms with Crippen molar-refractivity contribution in [3.8, 4) is 5.75 Å². The lowest BCUT2D eigenvalue weighted by molar-refractivity contribution is 0.156. The molecule has 24 heavy (non-hydrogen) atoms. The van der Waals surface area contributed by atoms with Crippen molar-refractivity contribution in [2.75, 3.05) is 0 Å². The van der Waals surface area contributed by atoms with E-state index < -0.39 is 5.69 Å². The summed E-state index contributed by atoms with van der Waals surface area (Å²) in [4.78, 5) is 4.54. The zero-order chi connectivity index (χ0) is 18.1. The molecular weight excluding hydrogens is 321 g/mol. The van der Waals surface area contributed by atoms with Crippen LogP contribution in [0.3, 0.4) is 0 Å². The van der Waals surface area contributed by atoms with Crippen molar-refractivity contribution in [1.82, 2.24) is 0 Å². The van der Waals surface area contributed by atoms with E-state index in [9.17, 15) is 4.39 Å². The number of thiol groups is 1. The number of allylic oxidation sites excluding steroid dienone is 4. The van der Waals surface area contributed by atoms with Crippen LogP contribution in [0.2, 0.25) is 0 Å². The van der Waals surface area contributed by atoms with E-state index in [1.54, 1.807) is 12.1 Å². The number of alkyl halides is 1. The van der Waals surface area contributed by atoms with Crippen molar-refractivity contribution in [3.05, 3.63) is 60.3 Å². The molecule has 130 valence electrons. The Morgan fingerprint density at radius 3 is 2.42 bits per heavy atom. The van der Waals surface area contributed by atoms with E-state index in [1.165, 1.54) is 0 Å². The van der Waals surface area contributed by atoms with Crippen LogP contribution in [0.1, 0.15) is 39.7 Å². The summed E-state index contributed by atoms with van der Waals surface area (Å²) in [5.41, 5.74) is 2.35. The number of nitrogens with zero attached hydrogens (tertiary/aromatic N) is 1. The molecule has 0 aliphatic rings. The van der Waals surface area contributed by atoms with Crippen LogP contribution in [0.5, 0.6) is 5.75 Å². The summed E-state index contributed by atoms with van der Waals surface area (Å²) in [6.45, 7) is 11.9. The summed E-state index contributed by atoms with van der Waals surface area (Å²) in [5, 5.41) is 0. The number of aliphatic imine (C=N–C) groups is 1. The number of benzene rings is 1. The smallest absolute Gasteiger partial charge is 0.283 e. The highest BCUT2D eigenvalue weighted by Crippen LogP contribution is 2.29. The summed E-state index contributed by atoms with van der Waals surface area (Å²) in [5.74, 6) is 0.698. The van der Waals surface area contributed by atoms with Gasteiger partial charge in [-0.05, 0) is 56.0 Å². The molecule has 0 saturated carbocycles. The van der Waals surface area contributed by atoms with Crippen molar-refractivity contribution in [3.63, 3.8) is 0 Å². The van der Waals surface area contributed by atoms with Crippen LogP contribution in [0.25, 0.3) is 5.57 Å². The molecular formula is C20H26FNOS. The Labute approximate surface area is 150 Å². The maximum absolute atomic E-state index is 12.8. The Balaban J connectivity index is 3.24. The van der Waals surface area contributed by atoms with Gasteiger partial charge in [0.2, 0.25) is 0 Å². The summed E-state index contributed by atoms with van der Waals surface area (Å²) >= 11 is 3.59. The SMILES string of the molecule is C=C(C)C(C)=N/C=C(/c1ccc(OC(F)S)cc1)C(/C=C\C)CC. The fraction of sp³-hybridized carbons (Fsp3) is 0.350. The zero-order valence-corrected chi connectivity index (χ0v) is 15.7. The first kappa shape index (κ1) is 20.2. The quantitative estimate of drug-likeness (QED) is 0.256. The minimum Gasteiger partial charge on any atom is -0.451 e. The first-order valence-corrected chi connectivity index (χ1v) is 8.53. The van der Waals surface area contributed by atoms with Crippen LogP contribution >= 0.6 is 12.6 Å². The van der Waals surface area contributed by atoms with Gasteiger partial charge in [-0.3, -0.25) is 4.99 Å². The van der Waals surface area contributed by atoms with E-state index in [2.05, 4.69) is 37.2 Å². The summed E-state index contributed by atoms with van der Waals surface area (Å²) in [6.07, 6.45) is 7.06. The van der Waals surface area contributed by atoms with Crippen LogP contribution < -0.4 is 4.74 Å².